The van der Waals surface area contributed by atoms with Crippen molar-refractivity contribution in [2.45, 2.75) is 38.3 Å². The van der Waals surface area contributed by atoms with Crippen LogP contribution in [0.5, 0.6) is 0 Å². The number of halogens is 2. The van der Waals surface area contributed by atoms with Gasteiger partial charge >= 0.3 is 5.69 Å². The lowest BCUT2D eigenvalue weighted by molar-refractivity contribution is -0.0229. The number of H-pyrrole nitrogens is 1. The smallest absolute Gasteiger partial charge is 0.330 e. The average molecular weight is 246 g/mol. The van der Waals surface area contributed by atoms with Gasteiger partial charge in [0.25, 0.3) is 5.56 Å². The summed E-state index contributed by atoms with van der Waals surface area (Å²) in [6.07, 6.45) is -1.40. The second-order valence-electron chi connectivity index (χ2n) is 3.95. The summed E-state index contributed by atoms with van der Waals surface area (Å²) < 4.78 is 32.7. The van der Waals surface area contributed by atoms with Crippen LogP contribution >= 0.6 is 0 Å². The number of nitrogens with zero attached hydrogens (tertiary/aromatic N) is 1. The Morgan fingerprint density at radius 3 is 2.88 bits per heavy atom. The fraction of sp³-hybridized carbons (Fsp3) is 0.600. The Morgan fingerprint density at radius 2 is 2.29 bits per heavy atom. The zero-order chi connectivity index (χ0) is 12.6. The molecule has 0 aromatic carbocycles. The third kappa shape index (κ3) is 2.14. The number of hydrogen-bond acceptors (Lipinski definition) is 3. The first kappa shape index (κ1) is 12.0. The lowest BCUT2D eigenvalue weighted by atomic mass is 10.2. The minimum atomic E-state index is -1.39. The molecule has 0 radical (unpaired) electrons. The molecule has 3 atom stereocenters. The van der Waals surface area contributed by atoms with Gasteiger partial charge in [-0.1, -0.05) is 6.92 Å². The topological polar surface area (TPSA) is 64.1 Å². The van der Waals surface area contributed by atoms with Crippen LogP contribution in [0, 0.1) is 5.82 Å². The van der Waals surface area contributed by atoms with Crippen molar-refractivity contribution in [2.24, 2.45) is 0 Å². The Kier molecular flexibility index (Phi) is 3.10. The molecule has 2 heterocycles. The maximum absolute atomic E-state index is 13.6. The number of nitrogens with one attached hydrogen (secondary N) is 1. The van der Waals surface area contributed by atoms with Gasteiger partial charge in [0.05, 0.1) is 12.3 Å². The van der Waals surface area contributed by atoms with Gasteiger partial charge in [0, 0.05) is 6.42 Å². The van der Waals surface area contributed by atoms with E-state index < -0.39 is 29.5 Å². The molecule has 1 fully saturated rings. The molecule has 94 valence electrons. The number of rotatable bonds is 2. The molecule has 7 heteroatoms. The summed E-state index contributed by atoms with van der Waals surface area (Å²) in [4.78, 5) is 24.0. The van der Waals surface area contributed by atoms with E-state index in [0.29, 0.717) is 12.6 Å². The van der Waals surface area contributed by atoms with Crippen molar-refractivity contribution in [2.75, 3.05) is 0 Å². The predicted molar refractivity (Wildman–Crippen MR) is 55.0 cm³/mol. The summed E-state index contributed by atoms with van der Waals surface area (Å²) in [6.45, 7) is 1.83. The van der Waals surface area contributed by atoms with Crippen LogP contribution in [-0.2, 0) is 4.74 Å². The van der Waals surface area contributed by atoms with E-state index in [1.165, 1.54) is 0 Å². The summed E-state index contributed by atoms with van der Waals surface area (Å²) in [7, 11) is 0. The quantitative estimate of drug-likeness (QED) is 0.835. The van der Waals surface area contributed by atoms with Crippen molar-refractivity contribution in [3.8, 4) is 0 Å². The van der Waals surface area contributed by atoms with Crippen molar-refractivity contribution in [3.63, 3.8) is 0 Å². The normalized spacial score (nSPS) is 28.5. The molecule has 1 aromatic heterocycles. The molecule has 1 unspecified atom stereocenters. The van der Waals surface area contributed by atoms with Crippen molar-refractivity contribution in [1.82, 2.24) is 9.55 Å². The van der Waals surface area contributed by atoms with Crippen LogP contribution < -0.4 is 11.2 Å². The first-order valence-electron chi connectivity index (χ1n) is 5.33. The molecule has 1 aliphatic rings. The number of aromatic amines is 1. The van der Waals surface area contributed by atoms with Crippen LogP contribution in [0.4, 0.5) is 8.78 Å². The van der Waals surface area contributed by atoms with E-state index in [1.54, 1.807) is 4.98 Å². The molecule has 1 aliphatic heterocycles. The summed E-state index contributed by atoms with van der Waals surface area (Å²) in [6, 6.07) is 0. The van der Waals surface area contributed by atoms with Crippen molar-refractivity contribution < 1.29 is 13.5 Å². The second kappa shape index (κ2) is 4.40. The molecule has 0 saturated carbocycles. The van der Waals surface area contributed by atoms with Gasteiger partial charge in [0.2, 0.25) is 5.82 Å². The Balaban J connectivity index is 2.38. The van der Waals surface area contributed by atoms with E-state index in [-0.39, 0.29) is 12.5 Å². The minimum Gasteiger partial charge on any atom is -0.351 e. The van der Waals surface area contributed by atoms with E-state index in [1.807, 2.05) is 6.92 Å². The van der Waals surface area contributed by atoms with E-state index >= 15 is 0 Å². The van der Waals surface area contributed by atoms with Crippen LogP contribution in [0.25, 0.3) is 0 Å². The van der Waals surface area contributed by atoms with Crippen molar-refractivity contribution in [1.29, 1.82) is 0 Å². The maximum Gasteiger partial charge on any atom is 0.330 e. The van der Waals surface area contributed by atoms with Gasteiger partial charge < -0.3 is 4.74 Å². The number of hydrogen-bond donors (Lipinski definition) is 1. The lowest BCUT2D eigenvalue weighted by Gasteiger charge is -2.15. The summed E-state index contributed by atoms with van der Waals surface area (Å²) in [5, 5.41) is 0. The third-order valence-corrected chi connectivity index (χ3v) is 2.78. The Bertz CT molecular complexity index is 525. The van der Waals surface area contributed by atoms with E-state index in [2.05, 4.69) is 0 Å². The molecule has 0 amide bonds. The standard InChI is InChI=1S/C10H12F2N2O3/c1-2-5-3-6(11)9(17-5)14-4-7(12)8(15)13-10(14)16/h4-6,9H,2-3H2,1H3,(H,13,15,16)/t5-,6?,9-/m0/s1. The average Bonchev–Trinajstić information content (AvgIpc) is 2.65. The first-order chi connectivity index (χ1) is 8.02. The van der Waals surface area contributed by atoms with Gasteiger partial charge in [-0.05, 0) is 6.42 Å². The molecule has 17 heavy (non-hydrogen) atoms. The molecule has 1 N–H and O–H groups in total. The summed E-state index contributed by atoms with van der Waals surface area (Å²) in [5.41, 5.74) is -1.99. The van der Waals surface area contributed by atoms with Crippen LogP contribution in [0.3, 0.4) is 0 Å². The molecular weight excluding hydrogens is 234 g/mol. The highest BCUT2D eigenvalue weighted by molar-refractivity contribution is 4.91. The lowest BCUT2D eigenvalue weighted by Crippen LogP contribution is -2.35. The van der Waals surface area contributed by atoms with Crippen LogP contribution in [-0.4, -0.2) is 21.8 Å². The highest BCUT2D eigenvalue weighted by Gasteiger charge is 2.36. The zero-order valence-electron chi connectivity index (χ0n) is 9.15. The molecular formula is C10H12F2N2O3. The van der Waals surface area contributed by atoms with Crippen LogP contribution in [0.1, 0.15) is 26.0 Å². The number of alkyl halides is 1. The van der Waals surface area contributed by atoms with Gasteiger partial charge in [0.1, 0.15) is 6.17 Å². The zero-order valence-corrected chi connectivity index (χ0v) is 9.15. The predicted octanol–water partition coefficient (Wildman–Crippen LogP) is 0.711. The van der Waals surface area contributed by atoms with Gasteiger partial charge in [0.15, 0.2) is 6.23 Å². The Morgan fingerprint density at radius 1 is 1.59 bits per heavy atom. The van der Waals surface area contributed by atoms with Crippen molar-refractivity contribution >= 4 is 0 Å². The second-order valence-corrected chi connectivity index (χ2v) is 3.95. The largest absolute Gasteiger partial charge is 0.351 e. The van der Waals surface area contributed by atoms with Gasteiger partial charge in [-0.3, -0.25) is 14.3 Å². The van der Waals surface area contributed by atoms with Gasteiger partial charge in [-0.2, -0.15) is 4.39 Å². The fourth-order valence-electron chi connectivity index (χ4n) is 1.86. The minimum absolute atomic E-state index is 0.161. The number of aromatic nitrogens is 2. The summed E-state index contributed by atoms with van der Waals surface area (Å²) in [5.74, 6) is -1.14. The molecule has 2 rings (SSSR count). The van der Waals surface area contributed by atoms with E-state index in [9.17, 15) is 18.4 Å². The monoisotopic (exact) mass is 246 g/mol. The molecule has 0 bridgehead atoms. The van der Waals surface area contributed by atoms with Crippen LogP contribution in [0.15, 0.2) is 15.8 Å². The van der Waals surface area contributed by atoms with E-state index in [0.717, 1.165) is 4.57 Å². The van der Waals surface area contributed by atoms with Crippen molar-refractivity contribution in [3.05, 3.63) is 32.9 Å². The molecule has 1 saturated heterocycles. The molecule has 0 spiro atoms. The van der Waals surface area contributed by atoms with E-state index in [4.69, 9.17) is 4.74 Å². The third-order valence-electron chi connectivity index (χ3n) is 2.78. The maximum atomic E-state index is 13.6. The molecule has 0 aliphatic carbocycles. The SMILES string of the molecule is CC[C@H]1CC(F)[C@@H](n2cc(F)c(=O)[nH]c2=O)O1. The Hall–Kier alpha value is -1.50. The fourth-order valence-corrected chi connectivity index (χ4v) is 1.86. The number of ether oxygens (including phenoxy) is 1. The summed E-state index contributed by atoms with van der Waals surface area (Å²) >= 11 is 0. The van der Waals surface area contributed by atoms with Crippen LogP contribution in [0.2, 0.25) is 0 Å². The highest BCUT2D eigenvalue weighted by Crippen LogP contribution is 2.31. The first-order valence-corrected chi connectivity index (χ1v) is 5.33. The van der Waals surface area contributed by atoms with Gasteiger partial charge in [-0.25, -0.2) is 9.18 Å². The molecule has 1 aromatic rings. The Labute approximate surface area is 95.0 Å². The molecule has 5 nitrogen and oxygen atoms in total. The van der Waals surface area contributed by atoms with Gasteiger partial charge in [-0.15, -0.1) is 0 Å². The highest BCUT2D eigenvalue weighted by atomic mass is 19.1.